The van der Waals surface area contributed by atoms with Gasteiger partial charge >= 0.3 is 6.09 Å². The number of likely N-dealkylation sites (tertiary alicyclic amines) is 1. The third-order valence-corrected chi connectivity index (χ3v) is 4.94. The van der Waals surface area contributed by atoms with Crippen molar-refractivity contribution in [1.82, 2.24) is 10.2 Å². The summed E-state index contributed by atoms with van der Waals surface area (Å²) in [5.41, 5.74) is 1.14. The van der Waals surface area contributed by atoms with Gasteiger partial charge < -0.3 is 10.1 Å². The largest absolute Gasteiger partial charge is 0.443 e. The van der Waals surface area contributed by atoms with Crippen molar-refractivity contribution in [2.24, 2.45) is 5.92 Å². The summed E-state index contributed by atoms with van der Waals surface area (Å²) in [5, 5.41) is 3.39. The first-order valence-electron chi connectivity index (χ1n) is 10.5. The van der Waals surface area contributed by atoms with Crippen LogP contribution in [-0.2, 0) is 16.0 Å². The molecule has 0 unspecified atom stereocenters. The number of ether oxygens (including phenoxy) is 1. The zero-order valence-corrected chi connectivity index (χ0v) is 17.8. The molecule has 1 N–H and O–H groups in total. The number of carbonyl (C=O) groups is 1. The highest BCUT2D eigenvalue weighted by atomic mass is 19.1. The summed E-state index contributed by atoms with van der Waals surface area (Å²) in [5.74, 6) is 2.40. The molecule has 2 saturated heterocycles. The minimum absolute atomic E-state index is 0.143. The summed E-state index contributed by atoms with van der Waals surface area (Å²) in [6.07, 6.45) is 5.65. The number of benzene rings is 1. The van der Waals surface area contributed by atoms with Crippen LogP contribution < -0.4 is 5.32 Å². The molecule has 0 aliphatic carbocycles. The number of halogens is 1. The fourth-order valence-corrected chi connectivity index (χ4v) is 3.51. The lowest BCUT2D eigenvalue weighted by atomic mass is 9.92. The van der Waals surface area contributed by atoms with Crippen molar-refractivity contribution in [3.63, 3.8) is 0 Å². The molecule has 1 amide bonds. The van der Waals surface area contributed by atoms with Crippen LogP contribution in [0.4, 0.5) is 9.18 Å². The van der Waals surface area contributed by atoms with Crippen LogP contribution in [0.3, 0.4) is 0 Å². The Hall–Kier alpha value is -2.17. The number of nitrogens with zero attached hydrogens (tertiary/aromatic N) is 1. The van der Waals surface area contributed by atoms with Crippen molar-refractivity contribution in [1.29, 1.82) is 0 Å². The second kappa shape index (κ2) is 11.1. The molecular weight excluding hydrogens is 371 g/mol. The molecule has 2 aliphatic rings. The average Bonchev–Trinajstić information content (AvgIpc) is 2.70. The zero-order valence-electron chi connectivity index (χ0n) is 17.8. The Morgan fingerprint density at radius 3 is 2.55 bits per heavy atom. The summed E-state index contributed by atoms with van der Waals surface area (Å²) >= 11 is 0. The molecule has 29 heavy (non-hydrogen) atoms. The maximum Gasteiger partial charge on any atom is 0.415 e. The second-order valence-electron chi connectivity index (χ2n) is 8.68. The van der Waals surface area contributed by atoms with Gasteiger partial charge in [-0.1, -0.05) is 12.1 Å². The van der Waals surface area contributed by atoms with Gasteiger partial charge in [-0.05, 0) is 96.0 Å². The number of hydrogen-bond acceptors (Lipinski definition) is 4. The standard InChI is InChI=1S/C12H16FN.C11H17NO3/c13-12-5-3-10(4-6-12)8-11-2-1-7-14-9-11;1-11(2,3)15-10(14)12-7-5-4-6-9(12)8-13/h3-6,11,14H,1-2,7-9H2;4-7H2,1-3H3/t11-;/m0./s1. The fraction of sp³-hybridized carbons (Fsp3) is 0.609. The van der Waals surface area contributed by atoms with Crippen LogP contribution >= 0.6 is 0 Å². The van der Waals surface area contributed by atoms with E-state index in [4.69, 9.17) is 4.74 Å². The highest BCUT2D eigenvalue weighted by molar-refractivity contribution is 5.74. The van der Waals surface area contributed by atoms with Crippen LogP contribution in [-0.4, -0.2) is 42.2 Å². The van der Waals surface area contributed by atoms with Crippen LogP contribution in [0.15, 0.2) is 30.0 Å². The van der Waals surface area contributed by atoms with Gasteiger partial charge in [0.1, 0.15) is 23.1 Å². The van der Waals surface area contributed by atoms with E-state index in [0.717, 1.165) is 38.3 Å². The van der Waals surface area contributed by atoms with E-state index in [1.54, 1.807) is 32.9 Å². The summed E-state index contributed by atoms with van der Waals surface area (Å²) in [7, 11) is 0. The average molecular weight is 405 g/mol. The topological polar surface area (TPSA) is 58.6 Å². The predicted molar refractivity (Wildman–Crippen MR) is 112 cm³/mol. The predicted octanol–water partition coefficient (Wildman–Crippen LogP) is 4.49. The van der Waals surface area contributed by atoms with E-state index in [9.17, 15) is 14.0 Å². The minimum Gasteiger partial charge on any atom is -0.443 e. The van der Waals surface area contributed by atoms with Gasteiger partial charge in [-0.3, -0.25) is 4.90 Å². The second-order valence-corrected chi connectivity index (χ2v) is 8.68. The van der Waals surface area contributed by atoms with Crippen molar-refractivity contribution in [2.45, 2.75) is 64.9 Å². The molecule has 2 aliphatic heterocycles. The van der Waals surface area contributed by atoms with Crippen molar-refractivity contribution in [2.75, 3.05) is 19.6 Å². The Morgan fingerprint density at radius 2 is 1.97 bits per heavy atom. The molecule has 0 saturated carbocycles. The van der Waals surface area contributed by atoms with Crippen molar-refractivity contribution in [3.8, 4) is 0 Å². The number of amides is 1. The van der Waals surface area contributed by atoms with Crippen LogP contribution in [0, 0.1) is 11.7 Å². The van der Waals surface area contributed by atoms with Crippen molar-refractivity contribution >= 4 is 12.0 Å². The summed E-state index contributed by atoms with van der Waals surface area (Å²) in [6, 6.07) is 6.88. The SMILES string of the molecule is CC(C)(C)OC(=O)N1CCCCC1=C=O.Fc1ccc(C[C@@H]2CCCNC2)cc1. The number of carbonyl (C=O) groups excluding carboxylic acids is 2. The lowest BCUT2D eigenvalue weighted by Crippen LogP contribution is -2.38. The van der Waals surface area contributed by atoms with E-state index < -0.39 is 11.7 Å². The van der Waals surface area contributed by atoms with Crippen LogP contribution in [0.1, 0.15) is 58.4 Å². The molecule has 5 nitrogen and oxygen atoms in total. The third-order valence-electron chi connectivity index (χ3n) is 4.94. The zero-order chi connectivity index (χ0) is 21.3. The van der Waals surface area contributed by atoms with E-state index in [0.29, 0.717) is 18.7 Å². The molecule has 1 atom stereocenters. The first-order valence-corrected chi connectivity index (χ1v) is 10.5. The van der Waals surface area contributed by atoms with Gasteiger partial charge in [0.15, 0.2) is 0 Å². The van der Waals surface area contributed by atoms with Crippen LogP contribution in [0.25, 0.3) is 0 Å². The van der Waals surface area contributed by atoms with Crippen molar-refractivity contribution < 1.29 is 18.7 Å². The normalized spacial score (nSPS) is 19.7. The van der Waals surface area contributed by atoms with Gasteiger partial charge in [0, 0.05) is 6.54 Å². The summed E-state index contributed by atoms with van der Waals surface area (Å²) in [4.78, 5) is 23.7. The van der Waals surface area contributed by atoms with Gasteiger partial charge in [-0.2, -0.15) is 0 Å². The minimum atomic E-state index is -0.525. The Labute approximate surface area is 173 Å². The molecule has 0 radical (unpaired) electrons. The molecule has 1 aromatic carbocycles. The lowest BCUT2D eigenvalue weighted by molar-refractivity contribution is 0.0289. The van der Waals surface area contributed by atoms with Gasteiger partial charge in [-0.15, -0.1) is 0 Å². The maximum absolute atomic E-state index is 12.7. The van der Waals surface area contributed by atoms with E-state index in [-0.39, 0.29) is 5.82 Å². The fourth-order valence-electron chi connectivity index (χ4n) is 3.51. The molecule has 3 rings (SSSR count). The number of nitrogens with one attached hydrogen (secondary N) is 1. The van der Waals surface area contributed by atoms with E-state index in [2.05, 4.69) is 5.32 Å². The highest BCUT2D eigenvalue weighted by Gasteiger charge is 2.27. The Kier molecular flexibility index (Phi) is 8.87. The number of hydrogen-bond donors (Lipinski definition) is 1. The van der Waals surface area contributed by atoms with Gasteiger partial charge in [0.2, 0.25) is 0 Å². The van der Waals surface area contributed by atoms with Gasteiger partial charge in [0.05, 0.1) is 0 Å². The number of piperidine rings is 2. The molecule has 160 valence electrons. The molecule has 0 aromatic heterocycles. The third kappa shape index (κ3) is 8.38. The van der Waals surface area contributed by atoms with Crippen LogP contribution in [0.5, 0.6) is 0 Å². The monoisotopic (exact) mass is 404 g/mol. The van der Waals surface area contributed by atoms with Crippen molar-refractivity contribution in [3.05, 3.63) is 41.3 Å². The van der Waals surface area contributed by atoms with E-state index in [1.807, 2.05) is 18.1 Å². The smallest absolute Gasteiger partial charge is 0.415 e. The lowest BCUT2D eigenvalue weighted by Gasteiger charge is -2.30. The van der Waals surface area contributed by atoms with Crippen LogP contribution in [0.2, 0.25) is 0 Å². The van der Waals surface area contributed by atoms with Gasteiger partial charge in [0.25, 0.3) is 0 Å². The Balaban J connectivity index is 0.000000207. The quantitative estimate of drug-likeness (QED) is 0.738. The molecule has 2 fully saturated rings. The summed E-state index contributed by atoms with van der Waals surface area (Å²) in [6.45, 7) is 8.23. The Morgan fingerprint density at radius 1 is 1.24 bits per heavy atom. The first kappa shape index (κ1) is 23.1. The molecule has 1 aromatic rings. The highest BCUT2D eigenvalue weighted by Crippen LogP contribution is 2.21. The Bertz CT molecular complexity index is 700. The van der Waals surface area contributed by atoms with Gasteiger partial charge in [-0.25, -0.2) is 14.0 Å². The van der Waals surface area contributed by atoms with E-state index in [1.165, 1.54) is 23.3 Å². The molecule has 0 spiro atoms. The molecule has 0 bridgehead atoms. The first-order chi connectivity index (χ1) is 13.8. The summed E-state index contributed by atoms with van der Waals surface area (Å²) < 4.78 is 17.8. The number of rotatable bonds is 2. The molecule has 2 heterocycles. The molecule has 6 heteroatoms. The maximum atomic E-state index is 12.7. The van der Waals surface area contributed by atoms with E-state index >= 15 is 0 Å². The number of allylic oxidation sites excluding steroid dienone is 1. The molecular formula is C23H33FN2O3.